The van der Waals surface area contributed by atoms with Gasteiger partial charge in [-0.15, -0.1) is 0 Å². The van der Waals surface area contributed by atoms with E-state index in [1.54, 1.807) is 0 Å². The van der Waals surface area contributed by atoms with Gasteiger partial charge >= 0.3 is 0 Å². The Kier molecular flexibility index (Phi) is 5.13. The Morgan fingerprint density at radius 3 is 2.05 bits per heavy atom. The van der Waals surface area contributed by atoms with Crippen molar-refractivity contribution in [2.24, 2.45) is 0 Å². The molecule has 5 nitrogen and oxygen atoms in total. The van der Waals surface area contributed by atoms with Crippen LogP contribution >= 0.6 is 0 Å². The molecule has 200 valence electrons. The largest absolute Gasteiger partial charge is 0.456 e. The summed E-state index contributed by atoms with van der Waals surface area (Å²) in [6.45, 7) is 0. The molecular formula is C38H22N4O. The Morgan fingerprint density at radius 2 is 1.12 bits per heavy atom. The fourth-order valence-electron chi connectivity index (χ4n) is 6.21. The summed E-state index contributed by atoms with van der Waals surface area (Å²) in [6, 6.07) is 43.2. The highest BCUT2D eigenvalue weighted by molar-refractivity contribution is 6.21. The Bertz CT molecular complexity index is 2520. The summed E-state index contributed by atoms with van der Waals surface area (Å²) in [7, 11) is 0. The minimum Gasteiger partial charge on any atom is -0.456 e. The molecule has 0 bridgehead atoms. The van der Waals surface area contributed by atoms with Gasteiger partial charge in [-0.1, -0.05) is 109 Å². The number of para-hydroxylation sites is 1. The third kappa shape index (κ3) is 3.72. The number of nitrogens with zero attached hydrogens (tertiary/aromatic N) is 4. The number of hydrogen-bond donors (Lipinski definition) is 0. The first kappa shape index (κ1) is 23.7. The van der Waals surface area contributed by atoms with Gasteiger partial charge in [0.05, 0.1) is 5.52 Å². The molecule has 5 heteroatoms. The van der Waals surface area contributed by atoms with Crippen LogP contribution in [0.2, 0.25) is 0 Å². The van der Waals surface area contributed by atoms with Crippen molar-refractivity contribution >= 4 is 54.4 Å². The average molecular weight is 551 g/mol. The highest BCUT2D eigenvalue weighted by Crippen LogP contribution is 2.38. The molecule has 0 fully saturated rings. The van der Waals surface area contributed by atoms with E-state index in [1.165, 1.54) is 0 Å². The third-order valence-electron chi connectivity index (χ3n) is 8.16. The Labute approximate surface area is 246 Å². The van der Waals surface area contributed by atoms with Crippen molar-refractivity contribution < 1.29 is 4.42 Å². The molecule has 43 heavy (non-hydrogen) atoms. The molecule has 0 radical (unpaired) electrons. The lowest BCUT2D eigenvalue weighted by Crippen LogP contribution is -2.01. The van der Waals surface area contributed by atoms with Crippen LogP contribution < -0.4 is 0 Å². The van der Waals surface area contributed by atoms with Crippen LogP contribution in [0.5, 0.6) is 0 Å². The molecule has 0 atom stereocenters. The van der Waals surface area contributed by atoms with Gasteiger partial charge < -0.3 is 4.42 Å². The Balaban J connectivity index is 1.35. The SMILES string of the molecule is c1ccc(-c2nc(-c3cccc4c3ccc3ccc5cccnc5c34)nc(-c3cccc4oc5ccccc5c34)n2)cc1. The van der Waals surface area contributed by atoms with Crippen LogP contribution in [0.3, 0.4) is 0 Å². The molecule has 0 spiro atoms. The van der Waals surface area contributed by atoms with Gasteiger partial charge in [0.2, 0.25) is 0 Å². The van der Waals surface area contributed by atoms with E-state index in [-0.39, 0.29) is 0 Å². The third-order valence-corrected chi connectivity index (χ3v) is 8.16. The molecule has 0 aliphatic heterocycles. The lowest BCUT2D eigenvalue weighted by Gasteiger charge is -2.12. The van der Waals surface area contributed by atoms with Gasteiger partial charge in [0.25, 0.3) is 0 Å². The number of rotatable bonds is 3. The van der Waals surface area contributed by atoms with Gasteiger partial charge in [-0.25, -0.2) is 15.0 Å². The van der Waals surface area contributed by atoms with Crippen molar-refractivity contribution in [1.82, 2.24) is 19.9 Å². The van der Waals surface area contributed by atoms with Crippen LogP contribution in [0, 0.1) is 0 Å². The predicted molar refractivity (Wildman–Crippen MR) is 174 cm³/mol. The number of benzene rings is 6. The van der Waals surface area contributed by atoms with Crippen LogP contribution in [-0.4, -0.2) is 19.9 Å². The molecule has 0 aliphatic carbocycles. The van der Waals surface area contributed by atoms with E-state index in [0.29, 0.717) is 17.5 Å². The normalized spacial score (nSPS) is 11.7. The molecule has 6 aromatic carbocycles. The van der Waals surface area contributed by atoms with Crippen molar-refractivity contribution in [3.8, 4) is 34.2 Å². The van der Waals surface area contributed by atoms with Crippen LogP contribution in [-0.2, 0) is 0 Å². The van der Waals surface area contributed by atoms with Crippen LogP contribution in [0.1, 0.15) is 0 Å². The fraction of sp³-hybridized carbons (Fsp3) is 0. The Morgan fingerprint density at radius 1 is 0.419 bits per heavy atom. The summed E-state index contributed by atoms with van der Waals surface area (Å²) >= 11 is 0. The van der Waals surface area contributed by atoms with E-state index in [1.807, 2.05) is 72.9 Å². The average Bonchev–Trinajstić information content (AvgIpc) is 3.47. The van der Waals surface area contributed by atoms with E-state index >= 15 is 0 Å². The van der Waals surface area contributed by atoms with Gasteiger partial charge in [-0.3, -0.25) is 4.98 Å². The number of fused-ring (bicyclic) bond motifs is 8. The minimum absolute atomic E-state index is 0.603. The first-order valence-electron chi connectivity index (χ1n) is 14.2. The topological polar surface area (TPSA) is 64.7 Å². The second-order valence-corrected chi connectivity index (χ2v) is 10.7. The molecule has 0 amide bonds. The van der Waals surface area contributed by atoms with Gasteiger partial charge in [-0.05, 0) is 34.4 Å². The number of pyridine rings is 1. The molecule has 0 unspecified atom stereocenters. The standard InChI is InChI=1S/C38H22N4O/c1-2-9-25(10-3-1)36-40-37(42-38(41-36)30-15-7-17-32-34(30)29-12-4-5-16-31(29)43-32)28-14-6-13-27-26(28)21-20-23-18-19-24-11-8-22-39-35(24)33(23)27/h1-22H. The summed E-state index contributed by atoms with van der Waals surface area (Å²) in [5, 5.41) is 7.60. The summed E-state index contributed by atoms with van der Waals surface area (Å²) in [5.74, 6) is 1.84. The lowest BCUT2D eigenvalue weighted by molar-refractivity contribution is 0.669. The van der Waals surface area contributed by atoms with Crippen molar-refractivity contribution in [3.05, 3.63) is 134 Å². The summed E-state index contributed by atoms with van der Waals surface area (Å²) in [4.78, 5) is 20.0. The highest BCUT2D eigenvalue weighted by Gasteiger charge is 2.19. The molecule has 0 aliphatic rings. The van der Waals surface area contributed by atoms with Gasteiger partial charge in [-0.2, -0.15) is 0 Å². The monoisotopic (exact) mass is 550 g/mol. The second kappa shape index (κ2) is 9.29. The Hall–Kier alpha value is -5.94. The zero-order valence-electron chi connectivity index (χ0n) is 22.9. The van der Waals surface area contributed by atoms with E-state index in [0.717, 1.165) is 71.1 Å². The molecule has 0 saturated carbocycles. The van der Waals surface area contributed by atoms with Crippen LogP contribution in [0.4, 0.5) is 0 Å². The minimum atomic E-state index is 0.603. The number of hydrogen-bond acceptors (Lipinski definition) is 5. The molecule has 9 rings (SSSR count). The molecule has 0 saturated heterocycles. The summed E-state index contributed by atoms with van der Waals surface area (Å²) in [5.41, 5.74) is 5.41. The fourth-order valence-corrected chi connectivity index (χ4v) is 6.21. The van der Waals surface area contributed by atoms with Crippen LogP contribution in [0.15, 0.2) is 138 Å². The molecule has 3 aromatic heterocycles. The van der Waals surface area contributed by atoms with Gasteiger partial charge in [0, 0.05) is 44.4 Å². The first-order valence-corrected chi connectivity index (χ1v) is 14.2. The molecule has 3 heterocycles. The van der Waals surface area contributed by atoms with Gasteiger partial charge in [0.15, 0.2) is 17.5 Å². The van der Waals surface area contributed by atoms with E-state index < -0.39 is 0 Å². The molecule has 0 N–H and O–H groups in total. The maximum Gasteiger partial charge on any atom is 0.164 e. The van der Waals surface area contributed by atoms with Crippen molar-refractivity contribution in [3.63, 3.8) is 0 Å². The summed E-state index contributed by atoms with van der Waals surface area (Å²) < 4.78 is 6.20. The molecule has 9 aromatic rings. The van der Waals surface area contributed by atoms with Gasteiger partial charge in [0.1, 0.15) is 11.2 Å². The van der Waals surface area contributed by atoms with Crippen molar-refractivity contribution in [2.75, 3.05) is 0 Å². The second-order valence-electron chi connectivity index (χ2n) is 10.7. The quantitative estimate of drug-likeness (QED) is 0.205. The van der Waals surface area contributed by atoms with E-state index in [4.69, 9.17) is 24.4 Å². The van der Waals surface area contributed by atoms with Crippen molar-refractivity contribution in [1.29, 1.82) is 0 Å². The van der Waals surface area contributed by atoms with E-state index in [9.17, 15) is 0 Å². The molecular weight excluding hydrogens is 528 g/mol. The van der Waals surface area contributed by atoms with Crippen LogP contribution in [0.25, 0.3) is 88.5 Å². The lowest BCUT2D eigenvalue weighted by atomic mass is 9.96. The maximum atomic E-state index is 6.20. The highest BCUT2D eigenvalue weighted by atomic mass is 16.3. The van der Waals surface area contributed by atoms with E-state index in [2.05, 4.69) is 60.7 Å². The van der Waals surface area contributed by atoms with Crippen molar-refractivity contribution in [2.45, 2.75) is 0 Å². The number of furan rings is 1. The summed E-state index contributed by atoms with van der Waals surface area (Å²) in [6.07, 6.45) is 1.86. The number of aromatic nitrogens is 4. The smallest absolute Gasteiger partial charge is 0.164 e. The zero-order valence-corrected chi connectivity index (χ0v) is 22.9. The first-order chi connectivity index (χ1) is 21.3. The zero-order chi connectivity index (χ0) is 28.3. The predicted octanol–water partition coefficient (Wildman–Crippen LogP) is 9.63. The maximum absolute atomic E-state index is 6.20.